The molecule has 1 aromatic rings. The number of piperidine rings is 1. The quantitative estimate of drug-likeness (QED) is 0.817. The van der Waals surface area contributed by atoms with Crippen LogP contribution in [0.3, 0.4) is 0 Å². The minimum atomic E-state index is -0.297. The van der Waals surface area contributed by atoms with Crippen molar-refractivity contribution in [1.82, 2.24) is 9.80 Å². The van der Waals surface area contributed by atoms with Crippen molar-refractivity contribution >= 4 is 18.3 Å². The number of rotatable bonds is 4. The van der Waals surface area contributed by atoms with Crippen molar-refractivity contribution in [3.05, 3.63) is 35.6 Å². The Bertz CT molecular complexity index is 591. The van der Waals surface area contributed by atoms with Crippen molar-refractivity contribution in [2.75, 3.05) is 33.2 Å². The van der Waals surface area contributed by atoms with Gasteiger partial charge in [-0.1, -0.05) is 25.1 Å². The van der Waals surface area contributed by atoms with Crippen LogP contribution in [0, 0.1) is 5.82 Å². The topological polar surface area (TPSA) is 32.8 Å². The molecule has 3 rings (SSSR count). The molecule has 2 saturated heterocycles. The van der Waals surface area contributed by atoms with Gasteiger partial charge < -0.3 is 14.5 Å². The Balaban J connectivity index is 0.00000225. The van der Waals surface area contributed by atoms with Crippen LogP contribution in [0.5, 0.6) is 0 Å². The minimum Gasteiger partial charge on any atom is -0.360 e. The number of morpholine rings is 1. The van der Waals surface area contributed by atoms with Gasteiger partial charge in [-0.2, -0.15) is 0 Å². The first-order valence-electron chi connectivity index (χ1n) is 8.91. The second kappa shape index (κ2) is 8.47. The summed E-state index contributed by atoms with van der Waals surface area (Å²) in [4.78, 5) is 16.3. The van der Waals surface area contributed by atoms with Gasteiger partial charge in [-0.3, -0.25) is 4.79 Å². The molecule has 140 valence electrons. The highest BCUT2D eigenvalue weighted by atomic mass is 35.5. The van der Waals surface area contributed by atoms with Gasteiger partial charge >= 0.3 is 0 Å². The monoisotopic (exact) mass is 370 g/mol. The molecule has 4 nitrogen and oxygen atoms in total. The maximum absolute atomic E-state index is 13.7. The fraction of sp³-hybridized carbons (Fsp3) is 0.632. The first-order valence-corrected chi connectivity index (χ1v) is 8.91. The SMILES string of the molecule is CCC1OC2(CCN(CCc3ccccc3F)CC2)CN(C)C1=O.Cl. The Morgan fingerprint density at radius 1 is 1.28 bits per heavy atom. The Morgan fingerprint density at radius 2 is 1.96 bits per heavy atom. The highest BCUT2D eigenvalue weighted by molar-refractivity contribution is 5.85. The van der Waals surface area contributed by atoms with E-state index in [4.69, 9.17) is 4.74 Å². The van der Waals surface area contributed by atoms with Crippen molar-refractivity contribution in [1.29, 1.82) is 0 Å². The number of nitrogens with zero attached hydrogens (tertiary/aromatic N) is 2. The largest absolute Gasteiger partial charge is 0.360 e. The lowest BCUT2D eigenvalue weighted by Gasteiger charge is -2.48. The number of benzene rings is 1. The molecule has 6 heteroatoms. The lowest BCUT2D eigenvalue weighted by Crippen LogP contribution is -2.60. The fourth-order valence-corrected chi connectivity index (χ4v) is 3.84. The van der Waals surface area contributed by atoms with Gasteiger partial charge in [-0.25, -0.2) is 4.39 Å². The Labute approximate surface area is 155 Å². The van der Waals surface area contributed by atoms with Crippen molar-refractivity contribution in [2.45, 2.75) is 44.3 Å². The minimum absolute atomic E-state index is 0. The summed E-state index contributed by atoms with van der Waals surface area (Å²) in [5.41, 5.74) is 0.584. The molecule has 2 fully saturated rings. The van der Waals surface area contributed by atoms with Crippen molar-refractivity contribution in [2.24, 2.45) is 0 Å². The third kappa shape index (κ3) is 4.52. The van der Waals surface area contributed by atoms with Crippen LogP contribution in [0.4, 0.5) is 4.39 Å². The third-order valence-electron chi connectivity index (χ3n) is 5.36. The summed E-state index contributed by atoms with van der Waals surface area (Å²) in [5, 5.41) is 0. The standard InChI is InChI=1S/C19H27FN2O2.ClH/c1-3-17-18(23)21(2)14-19(24-17)9-12-22(13-10-19)11-8-15-6-4-5-7-16(15)20;/h4-7,17H,3,8-14H2,1-2H3;1H. The van der Waals surface area contributed by atoms with Gasteiger partial charge in [0, 0.05) is 33.2 Å². The van der Waals surface area contributed by atoms with E-state index in [9.17, 15) is 9.18 Å². The molecular weight excluding hydrogens is 343 g/mol. The van der Waals surface area contributed by atoms with Gasteiger partial charge in [0.05, 0.1) is 5.60 Å². The Kier molecular flexibility index (Phi) is 6.83. The number of hydrogen-bond acceptors (Lipinski definition) is 3. The summed E-state index contributed by atoms with van der Waals surface area (Å²) >= 11 is 0. The van der Waals surface area contributed by atoms with Crippen LogP contribution in [0.1, 0.15) is 31.7 Å². The molecule has 1 aromatic carbocycles. The molecule has 1 spiro atoms. The number of hydrogen-bond donors (Lipinski definition) is 0. The summed E-state index contributed by atoms with van der Waals surface area (Å²) in [6.45, 7) is 5.42. The van der Waals surface area contributed by atoms with Gasteiger partial charge in [0.15, 0.2) is 0 Å². The summed E-state index contributed by atoms with van der Waals surface area (Å²) < 4.78 is 19.9. The second-order valence-electron chi connectivity index (χ2n) is 7.08. The van der Waals surface area contributed by atoms with Gasteiger partial charge in [0.25, 0.3) is 5.91 Å². The molecule has 1 unspecified atom stereocenters. The number of carbonyl (C=O) groups excluding carboxylic acids is 1. The lowest BCUT2D eigenvalue weighted by molar-refractivity contribution is -0.190. The molecule has 0 bridgehead atoms. The first-order chi connectivity index (χ1) is 11.5. The Hall–Kier alpha value is -1.17. The van der Waals surface area contributed by atoms with Crippen molar-refractivity contribution in [3.63, 3.8) is 0 Å². The highest BCUT2D eigenvalue weighted by Gasteiger charge is 2.44. The maximum Gasteiger partial charge on any atom is 0.251 e. The summed E-state index contributed by atoms with van der Waals surface area (Å²) in [5.74, 6) is -0.0161. The number of likely N-dealkylation sites (tertiary alicyclic amines) is 1. The summed E-state index contributed by atoms with van der Waals surface area (Å²) in [6.07, 6.45) is 3.02. The molecule has 0 aliphatic carbocycles. The molecule has 2 aliphatic rings. The zero-order valence-corrected chi connectivity index (χ0v) is 15.9. The summed E-state index contributed by atoms with van der Waals surface area (Å²) in [7, 11) is 1.87. The van der Waals surface area contributed by atoms with Gasteiger partial charge in [-0.05, 0) is 37.3 Å². The molecule has 0 aromatic heterocycles. The molecular formula is C19H28ClFN2O2. The smallest absolute Gasteiger partial charge is 0.251 e. The van der Waals surface area contributed by atoms with Crippen LogP contribution >= 0.6 is 12.4 Å². The summed E-state index contributed by atoms with van der Waals surface area (Å²) in [6, 6.07) is 6.99. The van der Waals surface area contributed by atoms with E-state index in [-0.39, 0.29) is 35.8 Å². The van der Waals surface area contributed by atoms with Crippen LogP contribution in [0.15, 0.2) is 24.3 Å². The highest BCUT2D eigenvalue weighted by Crippen LogP contribution is 2.33. The third-order valence-corrected chi connectivity index (χ3v) is 5.36. The van der Waals surface area contributed by atoms with E-state index < -0.39 is 0 Å². The number of likely N-dealkylation sites (N-methyl/N-ethyl adjacent to an activating group) is 1. The molecule has 1 atom stereocenters. The van der Waals surface area contributed by atoms with Gasteiger partial charge in [-0.15, -0.1) is 12.4 Å². The molecule has 0 radical (unpaired) electrons. The molecule has 2 heterocycles. The van der Waals surface area contributed by atoms with E-state index >= 15 is 0 Å². The number of ether oxygens (including phenoxy) is 1. The number of amides is 1. The predicted molar refractivity (Wildman–Crippen MR) is 98.6 cm³/mol. The van der Waals surface area contributed by atoms with E-state index in [0.29, 0.717) is 6.54 Å². The van der Waals surface area contributed by atoms with Crippen LogP contribution in [-0.2, 0) is 16.0 Å². The van der Waals surface area contributed by atoms with Gasteiger partial charge in [0.2, 0.25) is 0 Å². The van der Waals surface area contributed by atoms with Crippen molar-refractivity contribution < 1.29 is 13.9 Å². The average molecular weight is 371 g/mol. The molecule has 0 N–H and O–H groups in total. The molecule has 0 saturated carbocycles. The number of carbonyl (C=O) groups is 1. The molecule has 25 heavy (non-hydrogen) atoms. The maximum atomic E-state index is 13.7. The van der Waals surface area contributed by atoms with Crippen LogP contribution in [0.2, 0.25) is 0 Å². The van der Waals surface area contributed by atoms with Crippen molar-refractivity contribution in [3.8, 4) is 0 Å². The molecule has 2 aliphatic heterocycles. The zero-order chi connectivity index (χ0) is 17.2. The lowest BCUT2D eigenvalue weighted by atomic mass is 9.88. The van der Waals surface area contributed by atoms with Gasteiger partial charge in [0.1, 0.15) is 11.9 Å². The van der Waals surface area contributed by atoms with Crippen LogP contribution in [0.25, 0.3) is 0 Å². The Morgan fingerprint density at radius 3 is 2.60 bits per heavy atom. The second-order valence-corrected chi connectivity index (χ2v) is 7.08. The van der Waals surface area contributed by atoms with E-state index in [1.807, 2.05) is 31.0 Å². The van der Waals surface area contributed by atoms with E-state index in [1.54, 1.807) is 6.07 Å². The molecule has 1 amide bonds. The van der Waals surface area contributed by atoms with Crippen LogP contribution in [-0.4, -0.2) is 60.6 Å². The normalized spacial score (nSPS) is 23.6. The fourth-order valence-electron chi connectivity index (χ4n) is 3.84. The average Bonchev–Trinajstić information content (AvgIpc) is 2.59. The predicted octanol–water partition coefficient (Wildman–Crippen LogP) is 2.89. The van der Waals surface area contributed by atoms with E-state index in [0.717, 1.165) is 50.9 Å². The number of halogens is 2. The zero-order valence-electron chi connectivity index (χ0n) is 15.0. The van der Waals surface area contributed by atoms with Crippen LogP contribution < -0.4 is 0 Å². The van der Waals surface area contributed by atoms with E-state index in [2.05, 4.69) is 4.90 Å². The van der Waals surface area contributed by atoms with E-state index in [1.165, 1.54) is 6.07 Å². The first kappa shape index (κ1) is 20.1.